The Morgan fingerprint density at radius 3 is 2.38 bits per heavy atom. The third-order valence-corrected chi connectivity index (χ3v) is 2.61. The van der Waals surface area contributed by atoms with Crippen LogP contribution in [0.1, 0.15) is 0 Å². The smallest absolute Gasteiger partial charge is 0.284 e. The van der Waals surface area contributed by atoms with Crippen LogP contribution in [0.25, 0.3) is 16.8 Å². The number of Topliss-reactive ketones (excluding diaryl/α,β-unsaturated/α-hetero) is 1. The second kappa shape index (κ2) is 3.10. The number of nitrogens with zero attached hydrogens (tertiary/aromatic N) is 1. The summed E-state index contributed by atoms with van der Waals surface area (Å²) in [6, 6.07) is 11.5. The molecule has 1 aliphatic rings. The Morgan fingerprint density at radius 2 is 1.62 bits per heavy atom. The Bertz CT molecular complexity index is 680. The lowest BCUT2D eigenvalue weighted by Crippen LogP contribution is -2.33. The zero-order valence-electron chi connectivity index (χ0n) is 8.31. The van der Waals surface area contributed by atoms with Crippen molar-refractivity contribution >= 4 is 28.5 Å². The first kappa shape index (κ1) is 8.97. The van der Waals surface area contributed by atoms with Crippen molar-refractivity contribution in [3.8, 4) is 0 Å². The van der Waals surface area contributed by atoms with Gasteiger partial charge in [0, 0.05) is 11.3 Å². The molecule has 0 unspecified atom stereocenters. The Kier molecular flexibility index (Phi) is 1.74. The van der Waals surface area contributed by atoms with Gasteiger partial charge in [-0.05, 0) is 22.9 Å². The van der Waals surface area contributed by atoms with Crippen LogP contribution in [0.2, 0.25) is 0 Å². The number of hydrogen-bond donors (Lipinski definition) is 0. The fourth-order valence-electron chi connectivity index (χ4n) is 1.83. The average molecular weight is 209 g/mol. The van der Waals surface area contributed by atoms with Gasteiger partial charge in [-0.15, -0.1) is 0 Å². The van der Waals surface area contributed by atoms with Gasteiger partial charge < -0.3 is 0 Å². The van der Waals surface area contributed by atoms with Crippen LogP contribution >= 0.6 is 0 Å². The molecule has 1 aliphatic heterocycles. The molecule has 2 aromatic rings. The molecular formula is C13H7NO2. The zero-order valence-corrected chi connectivity index (χ0v) is 8.31. The van der Waals surface area contributed by atoms with E-state index in [-0.39, 0.29) is 0 Å². The number of rotatable bonds is 0. The van der Waals surface area contributed by atoms with Gasteiger partial charge in [-0.25, -0.2) is 4.99 Å². The standard InChI is InChI=1S/C13H7NO2/c15-12-7-10-5-8-3-1-2-4-9(8)6-11(10)14-13(12)16/h1-7H. The van der Waals surface area contributed by atoms with Crippen molar-refractivity contribution in [3.05, 3.63) is 47.0 Å². The SMILES string of the molecule is O=C1C=c2cc3ccccc3cc2=NC1=O. The third-order valence-electron chi connectivity index (χ3n) is 2.61. The van der Waals surface area contributed by atoms with Crippen molar-refractivity contribution in [1.29, 1.82) is 0 Å². The number of benzene rings is 2. The summed E-state index contributed by atoms with van der Waals surface area (Å²) in [7, 11) is 0. The minimum atomic E-state index is -0.692. The number of carbonyl (C=O) groups is 2. The molecule has 76 valence electrons. The fraction of sp³-hybridized carbons (Fsp3) is 0. The number of ketones is 1. The van der Waals surface area contributed by atoms with E-state index >= 15 is 0 Å². The molecule has 16 heavy (non-hydrogen) atoms. The fourth-order valence-corrected chi connectivity index (χ4v) is 1.83. The number of hydrogen-bond acceptors (Lipinski definition) is 2. The number of amides is 1. The zero-order chi connectivity index (χ0) is 11.1. The molecule has 1 heterocycles. The summed E-state index contributed by atoms with van der Waals surface area (Å²) in [5.74, 6) is -1.24. The summed E-state index contributed by atoms with van der Waals surface area (Å²) in [5, 5.41) is 3.34. The lowest BCUT2D eigenvalue weighted by Gasteiger charge is -2.00. The van der Waals surface area contributed by atoms with Crippen molar-refractivity contribution in [2.75, 3.05) is 0 Å². The lowest BCUT2D eigenvalue weighted by atomic mass is 10.1. The van der Waals surface area contributed by atoms with Crippen LogP contribution < -0.4 is 10.6 Å². The highest BCUT2D eigenvalue weighted by Crippen LogP contribution is 2.08. The van der Waals surface area contributed by atoms with Crippen LogP contribution in [0, 0.1) is 0 Å². The van der Waals surface area contributed by atoms with Gasteiger partial charge in [0.15, 0.2) is 0 Å². The second-order valence-electron chi connectivity index (χ2n) is 3.68. The molecule has 3 heteroatoms. The average Bonchev–Trinajstić information content (AvgIpc) is 2.28. The van der Waals surface area contributed by atoms with Gasteiger partial charge in [-0.3, -0.25) is 9.59 Å². The van der Waals surface area contributed by atoms with Crippen LogP contribution in [-0.2, 0) is 9.59 Å². The Morgan fingerprint density at radius 1 is 0.938 bits per heavy atom. The van der Waals surface area contributed by atoms with Gasteiger partial charge in [0.2, 0.25) is 5.78 Å². The molecule has 3 nitrogen and oxygen atoms in total. The van der Waals surface area contributed by atoms with E-state index in [1.165, 1.54) is 6.08 Å². The van der Waals surface area contributed by atoms with Gasteiger partial charge in [0.25, 0.3) is 0 Å². The minimum Gasteiger partial charge on any atom is -0.284 e. The topological polar surface area (TPSA) is 46.5 Å². The quantitative estimate of drug-likeness (QED) is 0.588. The van der Waals surface area contributed by atoms with E-state index in [1.54, 1.807) is 0 Å². The predicted molar refractivity (Wildman–Crippen MR) is 59.2 cm³/mol. The molecule has 0 N–H and O–H groups in total. The molecule has 0 spiro atoms. The first-order valence-electron chi connectivity index (χ1n) is 4.91. The lowest BCUT2D eigenvalue weighted by molar-refractivity contribution is -0.132. The van der Waals surface area contributed by atoms with Crippen molar-refractivity contribution in [3.63, 3.8) is 0 Å². The van der Waals surface area contributed by atoms with E-state index in [9.17, 15) is 9.59 Å². The summed E-state index contributed by atoms with van der Waals surface area (Å²) in [4.78, 5) is 26.1. The van der Waals surface area contributed by atoms with E-state index in [0.29, 0.717) is 10.6 Å². The largest absolute Gasteiger partial charge is 0.317 e. The first-order chi connectivity index (χ1) is 7.74. The van der Waals surface area contributed by atoms with E-state index in [0.717, 1.165) is 10.8 Å². The molecule has 0 bridgehead atoms. The molecule has 1 amide bonds. The molecule has 0 saturated carbocycles. The Hall–Kier alpha value is -2.29. The van der Waals surface area contributed by atoms with Crippen molar-refractivity contribution in [2.24, 2.45) is 4.99 Å². The molecule has 2 aromatic carbocycles. The highest BCUT2D eigenvalue weighted by atomic mass is 16.2. The normalized spacial score (nSPS) is 14.2. The summed E-state index contributed by atoms with van der Waals surface area (Å²) in [6.45, 7) is 0. The molecule has 3 rings (SSSR count). The van der Waals surface area contributed by atoms with Crippen molar-refractivity contribution in [2.45, 2.75) is 0 Å². The third kappa shape index (κ3) is 1.26. The van der Waals surface area contributed by atoms with Crippen LogP contribution in [0.15, 0.2) is 41.4 Å². The molecule has 0 fully saturated rings. The Balaban J connectivity index is 2.50. The maximum absolute atomic E-state index is 11.2. The molecule has 0 atom stereocenters. The van der Waals surface area contributed by atoms with Gasteiger partial charge >= 0.3 is 5.91 Å². The van der Waals surface area contributed by atoms with Crippen LogP contribution in [0.3, 0.4) is 0 Å². The van der Waals surface area contributed by atoms with E-state index < -0.39 is 11.7 Å². The highest BCUT2D eigenvalue weighted by molar-refractivity contribution is 6.48. The maximum Gasteiger partial charge on any atom is 0.317 e. The van der Waals surface area contributed by atoms with Crippen LogP contribution in [-0.4, -0.2) is 11.7 Å². The molecule has 0 aliphatic carbocycles. The summed E-state index contributed by atoms with van der Waals surface area (Å²) in [5.41, 5.74) is 0. The van der Waals surface area contributed by atoms with Gasteiger partial charge in [-0.1, -0.05) is 24.3 Å². The summed E-state index contributed by atoms with van der Waals surface area (Å²) < 4.78 is 0. The number of fused-ring (bicyclic) bond motifs is 2. The minimum absolute atomic E-state index is 0.553. The highest BCUT2D eigenvalue weighted by Gasteiger charge is 2.13. The van der Waals surface area contributed by atoms with E-state index in [4.69, 9.17) is 0 Å². The predicted octanol–water partition coefficient (Wildman–Crippen LogP) is 0.349. The molecule has 0 radical (unpaired) electrons. The molecule has 0 aromatic heterocycles. The van der Waals surface area contributed by atoms with Gasteiger partial charge in [0.1, 0.15) is 0 Å². The Labute approximate surface area is 90.7 Å². The number of carbonyl (C=O) groups excluding carboxylic acids is 2. The van der Waals surface area contributed by atoms with E-state index in [2.05, 4.69) is 4.99 Å². The van der Waals surface area contributed by atoms with Gasteiger partial charge in [0.05, 0.1) is 5.36 Å². The molecule has 0 saturated heterocycles. The van der Waals surface area contributed by atoms with Crippen molar-refractivity contribution < 1.29 is 9.59 Å². The first-order valence-corrected chi connectivity index (χ1v) is 4.91. The maximum atomic E-state index is 11.2. The van der Waals surface area contributed by atoms with Gasteiger partial charge in [-0.2, -0.15) is 0 Å². The summed E-state index contributed by atoms with van der Waals surface area (Å²) in [6.07, 6.45) is 1.34. The summed E-state index contributed by atoms with van der Waals surface area (Å²) >= 11 is 0. The van der Waals surface area contributed by atoms with E-state index in [1.807, 2.05) is 36.4 Å². The molecular weight excluding hydrogens is 202 g/mol. The van der Waals surface area contributed by atoms with Crippen LogP contribution in [0.4, 0.5) is 0 Å². The monoisotopic (exact) mass is 209 g/mol. The van der Waals surface area contributed by atoms with Crippen molar-refractivity contribution in [1.82, 2.24) is 0 Å². The second-order valence-corrected chi connectivity index (χ2v) is 3.68. The van der Waals surface area contributed by atoms with Crippen LogP contribution in [0.5, 0.6) is 0 Å².